The SMILES string of the molecule is CCN(Cc1noc(CC(C)C)n1)C(=O)c1cc(S(N)(=O)=O)ccc1C. The summed E-state index contributed by atoms with van der Waals surface area (Å²) in [4.78, 5) is 18.6. The molecule has 8 nitrogen and oxygen atoms in total. The summed E-state index contributed by atoms with van der Waals surface area (Å²) in [6, 6.07) is 4.25. The van der Waals surface area contributed by atoms with Gasteiger partial charge in [-0.15, -0.1) is 0 Å². The Morgan fingerprint density at radius 3 is 2.62 bits per heavy atom. The number of nitrogens with zero attached hydrogens (tertiary/aromatic N) is 3. The zero-order valence-electron chi connectivity index (χ0n) is 15.4. The van der Waals surface area contributed by atoms with Gasteiger partial charge in [0.05, 0.1) is 11.4 Å². The van der Waals surface area contributed by atoms with Crippen molar-refractivity contribution in [2.24, 2.45) is 11.1 Å². The van der Waals surface area contributed by atoms with Crippen molar-refractivity contribution < 1.29 is 17.7 Å². The van der Waals surface area contributed by atoms with Gasteiger partial charge < -0.3 is 9.42 Å². The summed E-state index contributed by atoms with van der Waals surface area (Å²) >= 11 is 0. The monoisotopic (exact) mass is 380 g/mol. The van der Waals surface area contributed by atoms with Crippen LogP contribution in [-0.4, -0.2) is 35.9 Å². The van der Waals surface area contributed by atoms with Gasteiger partial charge in [-0.3, -0.25) is 4.79 Å². The van der Waals surface area contributed by atoms with Crippen molar-refractivity contribution in [3.05, 3.63) is 41.0 Å². The smallest absolute Gasteiger partial charge is 0.254 e. The van der Waals surface area contributed by atoms with Crippen LogP contribution in [0.3, 0.4) is 0 Å². The van der Waals surface area contributed by atoms with Crippen molar-refractivity contribution in [1.29, 1.82) is 0 Å². The average molecular weight is 380 g/mol. The summed E-state index contributed by atoms with van der Waals surface area (Å²) < 4.78 is 28.3. The summed E-state index contributed by atoms with van der Waals surface area (Å²) in [6.45, 7) is 8.25. The number of hydrogen-bond acceptors (Lipinski definition) is 6. The molecule has 2 rings (SSSR count). The maximum Gasteiger partial charge on any atom is 0.254 e. The Morgan fingerprint density at radius 1 is 1.35 bits per heavy atom. The van der Waals surface area contributed by atoms with E-state index in [1.807, 2.05) is 20.8 Å². The van der Waals surface area contributed by atoms with E-state index in [0.717, 1.165) is 0 Å². The van der Waals surface area contributed by atoms with Gasteiger partial charge in [-0.05, 0) is 37.5 Å². The van der Waals surface area contributed by atoms with E-state index in [0.29, 0.717) is 36.2 Å². The second-order valence-corrected chi connectivity index (χ2v) is 8.10. The van der Waals surface area contributed by atoms with Crippen LogP contribution >= 0.6 is 0 Å². The highest BCUT2D eigenvalue weighted by Crippen LogP contribution is 2.18. The van der Waals surface area contributed by atoms with Crippen LogP contribution in [-0.2, 0) is 23.0 Å². The third-order valence-corrected chi connectivity index (χ3v) is 4.77. The number of hydrogen-bond donors (Lipinski definition) is 1. The lowest BCUT2D eigenvalue weighted by Crippen LogP contribution is -2.31. The molecule has 9 heteroatoms. The lowest BCUT2D eigenvalue weighted by molar-refractivity contribution is 0.0746. The van der Waals surface area contributed by atoms with Crippen molar-refractivity contribution >= 4 is 15.9 Å². The van der Waals surface area contributed by atoms with Gasteiger partial charge in [0.15, 0.2) is 5.82 Å². The minimum absolute atomic E-state index is 0.0960. The molecule has 142 valence electrons. The molecule has 0 saturated carbocycles. The first-order chi connectivity index (χ1) is 12.1. The number of nitrogens with two attached hydrogens (primary N) is 1. The fraction of sp³-hybridized carbons (Fsp3) is 0.471. The molecule has 0 bridgehead atoms. The number of aromatic nitrogens is 2. The molecule has 1 heterocycles. The van der Waals surface area contributed by atoms with Gasteiger partial charge in [-0.2, -0.15) is 4.98 Å². The van der Waals surface area contributed by atoms with Crippen molar-refractivity contribution in [1.82, 2.24) is 15.0 Å². The predicted molar refractivity (Wildman–Crippen MR) is 95.8 cm³/mol. The number of rotatable bonds is 7. The minimum atomic E-state index is -3.89. The molecule has 2 aromatic rings. The topological polar surface area (TPSA) is 119 Å². The highest BCUT2D eigenvalue weighted by atomic mass is 32.2. The maximum absolute atomic E-state index is 12.9. The van der Waals surface area contributed by atoms with E-state index in [-0.39, 0.29) is 22.9 Å². The summed E-state index contributed by atoms with van der Waals surface area (Å²) in [7, 11) is -3.89. The number of amides is 1. The second kappa shape index (κ2) is 7.96. The highest BCUT2D eigenvalue weighted by Gasteiger charge is 2.21. The fourth-order valence-corrected chi connectivity index (χ4v) is 3.00. The van der Waals surface area contributed by atoms with Crippen LogP contribution < -0.4 is 5.14 Å². The van der Waals surface area contributed by atoms with E-state index < -0.39 is 10.0 Å². The molecule has 0 aliphatic rings. The Bertz CT molecular complexity index is 890. The van der Waals surface area contributed by atoms with E-state index in [9.17, 15) is 13.2 Å². The van der Waals surface area contributed by atoms with E-state index in [1.54, 1.807) is 13.0 Å². The van der Waals surface area contributed by atoms with Gasteiger partial charge in [0, 0.05) is 18.5 Å². The zero-order valence-corrected chi connectivity index (χ0v) is 16.2. The van der Waals surface area contributed by atoms with Crippen LogP contribution in [0.25, 0.3) is 0 Å². The van der Waals surface area contributed by atoms with Gasteiger partial charge in [0.1, 0.15) is 0 Å². The van der Waals surface area contributed by atoms with E-state index in [2.05, 4.69) is 10.1 Å². The minimum Gasteiger partial charge on any atom is -0.339 e. The predicted octanol–water partition coefficient (Wildman–Crippen LogP) is 1.89. The number of aryl methyl sites for hydroxylation is 1. The lowest BCUT2D eigenvalue weighted by Gasteiger charge is -2.20. The van der Waals surface area contributed by atoms with E-state index in [4.69, 9.17) is 9.66 Å². The van der Waals surface area contributed by atoms with Crippen LogP contribution in [0.2, 0.25) is 0 Å². The van der Waals surface area contributed by atoms with Gasteiger partial charge in [-0.1, -0.05) is 25.1 Å². The van der Waals surface area contributed by atoms with Crippen molar-refractivity contribution in [3.63, 3.8) is 0 Å². The Kier molecular flexibility index (Phi) is 6.14. The van der Waals surface area contributed by atoms with Crippen molar-refractivity contribution in [2.45, 2.75) is 45.6 Å². The van der Waals surface area contributed by atoms with E-state index in [1.165, 1.54) is 17.0 Å². The van der Waals surface area contributed by atoms with Gasteiger partial charge in [0.25, 0.3) is 5.91 Å². The molecule has 1 aromatic heterocycles. The van der Waals surface area contributed by atoms with Crippen molar-refractivity contribution in [2.75, 3.05) is 6.54 Å². The largest absolute Gasteiger partial charge is 0.339 e. The third kappa shape index (κ3) is 4.89. The summed E-state index contributed by atoms with van der Waals surface area (Å²) in [5, 5.41) is 9.08. The van der Waals surface area contributed by atoms with Crippen LogP contribution in [0, 0.1) is 12.8 Å². The molecular formula is C17H24N4O4S. The molecule has 0 aliphatic carbocycles. The quantitative estimate of drug-likeness (QED) is 0.783. The summed E-state index contributed by atoms with van der Waals surface area (Å²) in [5.74, 6) is 1.02. The zero-order chi connectivity index (χ0) is 19.5. The average Bonchev–Trinajstić information content (AvgIpc) is 2.97. The lowest BCUT2D eigenvalue weighted by atomic mass is 10.1. The van der Waals surface area contributed by atoms with Crippen LogP contribution in [0.5, 0.6) is 0 Å². The second-order valence-electron chi connectivity index (χ2n) is 6.54. The molecule has 26 heavy (non-hydrogen) atoms. The molecule has 0 aliphatic heterocycles. The maximum atomic E-state index is 12.9. The fourth-order valence-electron chi connectivity index (χ4n) is 2.46. The number of carbonyl (C=O) groups excluding carboxylic acids is 1. The molecule has 0 radical (unpaired) electrons. The molecular weight excluding hydrogens is 356 g/mol. The normalized spacial score (nSPS) is 11.8. The molecule has 0 spiro atoms. The standard InChI is InChI=1S/C17H24N4O4S/c1-5-21(10-15-19-16(25-20-15)8-11(2)3)17(22)14-9-13(26(18,23)24)7-6-12(14)4/h6-7,9,11H,5,8,10H2,1-4H3,(H2,18,23,24). The van der Waals surface area contributed by atoms with Gasteiger partial charge in [0.2, 0.25) is 15.9 Å². The molecule has 2 N–H and O–H groups in total. The Hall–Kier alpha value is -2.26. The van der Waals surface area contributed by atoms with Crippen LogP contribution in [0.4, 0.5) is 0 Å². The number of primary sulfonamides is 1. The first-order valence-electron chi connectivity index (χ1n) is 8.36. The van der Waals surface area contributed by atoms with E-state index >= 15 is 0 Å². The van der Waals surface area contributed by atoms with Gasteiger partial charge in [-0.25, -0.2) is 13.6 Å². The Balaban J connectivity index is 2.25. The Morgan fingerprint density at radius 2 is 2.04 bits per heavy atom. The summed E-state index contributed by atoms with van der Waals surface area (Å²) in [6.07, 6.45) is 0.669. The van der Waals surface area contributed by atoms with Gasteiger partial charge >= 0.3 is 0 Å². The molecule has 0 fully saturated rings. The first-order valence-corrected chi connectivity index (χ1v) is 9.90. The Labute approximate surface area is 153 Å². The van der Waals surface area contributed by atoms with Crippen molar-refractivity contribution in [3.8, 4) is 0 Å². The molecule has 1 amide bonds. The number of carbonyl (C=O) groups is 1. The van der Waals surface area contributed by atoms with Crippen LogP contribution in [0.15, 0.2) is 27.6 Å². The number of sulfonamides is 1. The summed E-state index contributed by atoms with van der Waals surface area (Å²) in [5.41, 5.74) is 0.943. The third-order valence-electron chi connectivity index (χ3n) is 3.86. The molecule has 0 saturated heterocycles. The van der Waals surface area contributed by atoms with Crippen LogP contribution in [0.1, 0.15) is 48.4 Å². The first kappa shape index (κ1) is 20.1. The highest BCUT2D eigenvalue weighted by molar-refractivity contribution is 7.89. The number of benzene rings is 1. The molecule has 1 aromatic carbocycles. The molecule has 0 unspecified atom stereocenters. The molecule has 0 atom stereocenters.